The van der Waals surface area contributed by atoms with Crippen molar-refractivity contribution in [1.82, 2.24) is 5.32 Å². The third kappa shape index (κ3) is 3.74. The van der Waals surface area contributed by atoms with Gasteiger partial charge in [-0.15, -0.1) is 0 Å². The summed E-state index contributed by atoms with van der Waals surface area (Å²) in [5.41, 5.74) is 0.596. The van der Waals surface area contributed by atoms with E-state index >= 15 is 0 Å². The Labute approximate surface area is 137 Å². The molecule has 1 aromatic rings. The topological polar surface area (TPSA) is 55.4 Å². The highest BCUT2D eigenvalue weighted by molar-refractivity contribution is 5.94. The van der Waals surface area contributed by atoms with Crippen molar-refractivity contribution in [3.05, 3.63) is 29.8 Å². The summed E-state index contributed by atoms with van der Waals surface area (Å²) in [7, 11) is 0. The minimum absolute atomic E-state index is 0.00743. The van der Waals surface area contributed by atoms with Crippen molar-refractivity contribution < 1.29 is 14.3 Å². The molecule has 23 heavy (non-hydrogen) atoms. The zero-order valence-electron chi connectivity index (χ0n) is 13.9. The lowest BCUT2D eigenvalue weighted by Crippen LogP contribution is -2.42. The predicted octanol–water partition coefficient (Wildman–Crippen LogP) is 3.21. The SMILES string of the molecule is CC(=O)c1cccc(OCC(=O)N[C@@H](C)[C@H]2C[C@H]3CC[C@H]2C3)c1. The molecule has 0 saturated heterocycles. The van der Waals surface area contributed by atoms with Crippen LogP contribution in [-0.2, 0) is 4.79 Å². The number of carbonyl (C=O) groups excluding carboxylic acids is 2. The Kier molecular flexibility index (Phi) is 4.69. The molecule has 124 valence electrons. The molecule has 1 aromatic carbocycles. The van der Waals surface area contributed by atoms with Crippen LogP contribution in [0.4, 0.5) is 0 Å². The Balaban J connectivity index is 1.48. The molecule has 2 fully saturated rings. The Morgan fingerprint density at radius 3 is 2.78 bits per heavy atom. The van der Waals surface area contributed by atoms with Gasteiger partial charge in [-0.1, -0.05) is 18.6 Å². The van der Waals surface area contributed by atoms with Crippen LogP contribution in [0.1, 0.15) is 49.9 Å². The molecular weight excluding hydrogens is 290 g/mol. The number of rotatable bonds is 6. The molecule has 4 heteroatoms. The van der Waals surface area contributed by atoms with Crippen molar-refractivity contribution in [2.24, 2.45) is 17.8 Å². The maximum Gasteiger partial charge on any atom is 0.258 e. The molecule has 2 bridgehead atoms. The zero-order valence-corrected chi connectivity index (χ0v) is 13.9. The first-order chi connectivity index (χ1) is 11.0. The maximum atomic E-state index is 12.1. The summed E-state index contributed by atoms with van der Waals surface area (Å²) in [6.07, 6.45) is 5.30. The van der Waals surface area contributed by atoms with E-state index in [1.54, 1.807) is 24.3 Å². The van der Waals surface area contributed by atoms with Gasteiger partial charge in [-0.3, -0.25) is 9.59 Å². The summed E-state index contributed by atoms with van der Waals surface area (Å²) < 4.78 is 5.52. The van der Waals surface area contributed by atoms with Crippen molar-refractivity contribution in [1.29, 1.82) is 0 Å². The van der Waals surface area contributed by atoms with Gasteiger partial charge < -0.3 is 10.1 Å². The van der Waals surface area contributed by atoms with Gasteiger partial charge in [0.15, 0.2) is 12.4 Å². The number of nitrogens with one attached hydrogen (secondary N) is 1. The fourth-order valence-electron chi connectivity index (χ4n) is 4.26. The summed E-state index contributed by atoms with van der Waals surface area (Å²) in [5.74, 6) is 2.76. The van der Waals surface area contributed by atoms with Crippen LogP contribution in [0.25, 0.3) is 0 Å². The van der Waals surface area contributed by atoms with E-state index in [1.807, 2.05) is 0 Å². The lowest BCUT2D eigenvalue weighted by atomic mass is 9.84. The van der Waals surface area contributed by atoms with Crippen LogP contribution in [0.3, 0.4) is 0 Å². The molecule has 1 N–H and O–H groups in total. The van der Waals surface area contributed by atoms with E-state index in [0.717, 1.165) is 11.8 Å². The van der Waals surface area contributed by atoms with Gasteiger partial charge in [-0.05, 0) is 63.0 Å². The van der Waals surface area contributed by atoms with E-state index in [9.17, 15) is 9.59 Å². The average Bonchev–Trinajstić information content (AvgIpc) is 3.16. The molecule has 0 unspecified atom stereocenters. The van der Waals surface area contributed by atoms with Crippen molar-refractivity contribution in [2.45, 2.75) is 45.6 Å². The van der Waals surface area contributed by atoms with Gasteiger partial charge in [0, 0.05) is 11.6 Å². The standard InChI is InChI=1S/C19H25NO3/c1-12(18-9-14-6-7-16(18)8-14)20-19(22)11-23-17-5-3-4-15(10-17)13(2)21/h3-5,10,12,14,16,18H,6-9,11H2,1-2H3,(H,20,22)/t12-,14-,16-,18+/m0/s1. The van der Waals surface area contributed by atoms with E-state index in [2.05, 4.69) is 12.2 Å². The molecule has 4 nitrogen and oxygen atoms in total. The third-order valence-electron chi connectivity index (χ3n) is 5.43. The van der Waals surface area contributed by atoms with Crippen molar-refractivity contribution in [3.63, 3.8) is 0 Å². The van der Waals surface area contributed by atoms with Crippen LogP contribution in [0.15, 0.2) is 24.3 Å². The molecule has 4 atom stereocenters. The second kappa shape index (κ2) is 6.73. The number of ether oxygens (including phenoxy) is 1. The molecule has 0 radical (unpaired) electrons. The summed E-state index contributed by atoms with van der Waals surface area (Å²) >= 11 is 0. The summed E-state index contributed by atoms with van der Waals surface area (Å²) in [5, 5.41) is 3.08. The zero-order chi connectivity index (χ0) is 16.4. The minimum atomic E-state index is -0.0894. The molecule has 2 aliphatic carbocycles. The van der Waals surface area contributed by atoms with Crippen molar-refractivity contribution in [2.75, 3.05) is 6.61 Å². The van der Waals surface area contributed by atoms with Crippen LogP contribution in [-0.4, -0.2) is 24.3 Å². The van der Waals surface area contributed by atoms with Gasteiger partial charge in [0.1, 0.15) is 5.75 Å². The fourth-order valence-corrected chi connectivity index (χ4v) is 4.26. The molecule has 3 rings (SSSR count). The number of Topliss-reactive ketones (excluding diaryl/α,β-unsaturated/α-hetero) is 1. The van der Waals surface area contributed by atoms with E-state index in [0.29, 0.717) is 17.2 Å². The van der Waals surface area contributed by atoms with Crippen molar-refractivity contribution in [3.8, 4) is 5.75 Å². The van der Waals surface area contributed by atoms with E-state index in [1.165, 1.54) is 32.6 Å². The van der Waals surface area contributed by atoms with Crippen LogP contribution >= 0.6 is 0 Å². The number of amides is 1. The highest BCUT2D eigenvalue weighted by Gasteiger charge is 2.42. The number of benzene rings is 1. The van der Waals surface area contributed by atoms with Gasteiger partial charge in [-0.25, -0.2) is 0 Å². The minimum Gasteiger partial charge on any atom is -0.484 e. The smallest absolute Gasteiger partial charge is 0.258 e. The molecule has 0 spiro atoms. The first-order valence-corrected chi connectivity index (χ1v) is 8.56. The fraction of sp³-hybridized carbons (Fsp3) is 0.579. The quantitative estimate of drug-likeness (QED) is 0.820. The number of hydrogen-bond acceptors (Lipinski definition) is 3. The molecule has 0 aromatic heterocycles. The molecule has 0 aliphatic heterocycles. The van der Waals surface area contributed by atoms with E-state index < -0.39 is 0 Å². The first kappa shape index (κ1) is 16.0. The van der Waals surface area contributed by atoms with Gasteiger partial charge in [0.05, 0.1) is 0 Å². The normalized spacial score (nSPS) is 26.8. The molecular formula is C19H25NO3. The van der Waals surface area contributed by atoms with Gasteiger partial charge in [0.25, 0.3) is 5.91 Å². The second-order valence-corrected chi connectivity index (χ2v) is 7.07. The van der Waals surface area contributed by atoms with Crippen LogP contribution in [0, 0.1) is 17.8 Å². The molecule has 0 heterocycles. The number of fused-ring (bicyclic) bond motifs is 2. The van der Waals surface area contributed by atoms with Crippen LogP contribution in [0.2, 0.25) is 0 Å². The Bertz CT molecular complexity index is 598. The van der Waals surface area contributed by atoms with Crippen LogP contribution in [0.5, 0.6) is 5.75 Å². The summed E-state index contributed by atoms with van der Waals surface area (Å²) in [4.78, 5) is 23.5. The highest BCUT2D eigenvalue weighted by atomic mass is 16.5. The summed E-state index contributed by atoms with van der Waals surface area (Å²) in [6, 6.07) is 7.16. The second-order valence-electron chi connectivity index (χ2n) is 7.07. The largest absolute Gasteiger partial charge is 0.484 e. The Morgan fingerprint density at radius 1 is 1.30 bits per heavy atom. The van der Waals surface area contributed by atoms with Gasteiger partial charge >= 0.3 is 0 Å². The first-order valence-electron chi connectivity index (χ1n) is 8.56. The van der Waals surface area contributed by atoms with Crippen LogP contribution < -0.4 is 10.1 Å². The molecule has 2 saturated carbocycles. The number of carbonyl (C=O) groups is 2. The van der Waals surface area contributed by atoms with Crippen molar-refractivity contribution >= 4 is 11.7 Å². The third-order valence-corrected chi connectivity index (χ3v) is 5.43. The number of ketones is 1. The van der Waals surface area contributed by atoms with Gasteiger partial charge in [0.2, 0.25) is 0 Å². The highest BCUT2D eigenvalue weighted by Crippen LogP contribution is 2.49. The predicted molar refractivity (Wildman–Crippen MR) is 88.5 cm³/mol. The maximum absolute atomic E-state index is 12.1. The van der Waals surface area contributed by atoms with Gasteiger partial charge in [-0.2, -0.15) is 0 Å². The lowest BCUT2D eigenvalue weighted by molar-refractivity contribution is -0.124. The Hall–Kier alpha value is -1.84. The molecule has 1 amide bonds. The molecule has 2 aliphatic rings. The van der Waals surface area contributed by atoms with E-state index in [-0.39, 0.29) is 24.3 Å². The average molecular weight is 315 g/mol. The van der Waals surface area contributed by atoms with E-state index in [4.69, 9.17) is 4.74 Å². The monoisotopic (exact) mass is 315 g/mol. The Morgan fingerprint density at radius 2 is 2.13 bits per heavy atom. The lowest BCUT2D eigenvalue weighted by Gasteiger charge is -2.28. The summed E-state index contributed by atoms with van der Waals surface area (Å²) in [6.45, 7) is 3.62. The number of hydrogen-bond donors (Lipinski definition) is 1.